The fourth-order valence-corrected chi connectivity index (χ4v) is 4.00. The van der Waals surface area contributed by atoms with E-state index in [1.165, 1.54) is 0 Å². The third-order valence-corrected chi connectivity index (χ3v) is 5.65. The highest BCUT2D eigenvalue weighted by Gasteiger charge is 2.32. The first kappa shape index (κ1) is 19.3. The summed E-state index contributed by atoms with van der Waals surface area (Å²) in [6.07, 6.45) is 6.93. The zero-order valence-electron chi connectivity index (χ0n) is 16.8. The third kappa shape index (κ3) is 3.92. The molecule has 0 N–H and O–H groups in total. The maximum Gasteiger partial charge on any atom is 0.256 e. The third-order valence-electron chi connectivity index (χ3n) is 5.65. The molecule has 1 fully saturated rings. The summed E-state index contributed by atoms with van der Waals surface area (Å²) in [5.41, 5.74) is 2.51. The Balaban J connectivity index is 1.57. The molecule has 4 heterocycles. The Morgan fingerprint density at radius 2 is 2.00 bits per heavy atom. The van der Waals surface area contributed by atoms with E-state index in [1.54, 1.807) is 37.3 Å². The van der Waals surface area contributed by atoms with Crippen LogP contribution < -0.4 is 4.74 Å². The summed E-state index contributed by atoms with van der Waals surface area (Å²) in [6, 6.07) is 3.29. The van der Waals surface area contributed by atoms with E-state index in [9.17, 15) is 9.59 Å². The van der Waals surface area contributed by atoms with Gasteiger partial charge in [-0.3, -0.25) is 9.59 Å². The van der Waals surface area contributed by atoms with Crippen molar-refractivity contribution in [3.63, 3.8) is 0 Å². The largest absolute Gasteiger partial charge is 0.481 e. The standard InChI is InChI=1S/C21H25N5O3/c1-14(27)25-10-8-17-16(13-25)12-23-20(24-17)18-5-3-4-9-26(18)21(28)15-6-7-19(29-2)22-11-15/h6-7,11-12,18H,3-5,8-10,13H2,1-2H3/t18-/m0/s1. The van der Waals surface area contributed by atoms with E-state index in [0.717, 1.165) is 30.5 Å². The fourth-order valence-electron chi connectivity index (χ4n) is 4.00. The van der Waals surface area contributed by atoms with Gasteiger partial charge in [-0.25, -0.2) is 15.0 Å². The molecule has 2 aromatic heterocycles. The van der Waals surface area contributed by atoms with Gasteiger partial charge in [0.2, 0.25) is 11.8 Å². The highest BCUT2D eigenvalue weighted by atomic mass is 16.5. The monoisotopic (exact) mass is 395 g/mol. The zero-order chi connectivity index (χ0) is 20.4. The van der Waals surface area contributed by atoms with Crippen LogP contribution in [0.2, 0.25) is 0 Å². The van der Waals surface area contributed by atoms with Crippen molar-refractivity contribution in [2.24, 2.45) is 0 Å². The molecule has 2 aliphatic heterocycles. The number of carbonyl (C=O) groups excluding carboxylic acids is 2. The van der Waals surface area contributed by atoms with Crippen LogP contribution in [0.5, 0.6) is 5.88 Å². The molecule has 2 amide bonds. The topological polar surface area (TPSA) is 88.5 Å². The van der Waals surface area contributed by atoms with Gasteiger partial charge in [0, 0.05) is 57.0 Å². The van der Waals surface area contributed by atoms with Gasteiger partial charge in [-0.15, -0.1) is 0 Å². The fraction of sp³-hybridized carbons (Fsp3) is 0.476. The number of fused-ring (bicyclic) bond motifs is 1. The molecule has 0 aromatic carbocycles. The summed E-state index contributed by atoms with van der Waals surface area (Å²) in [5.74, 6) is 1.18. The molecule has 0 radical (unpaired) electrons. The average Bonchev–Trinajstić information content (AvgIpc) is 2.78. The molecule has 2 aliphatic rings. The van der Waals surface area contributed by atoms with Crippen LogP contribution in [-0.4, -0.2) is 56.8 Å². The quantitative estimate of drug-likeness (QED) is 0.791. The number of likely N-dealkylation sites (tertiary alicyclic amines) is 1. The van der Waals surface area contributed by atoms with Gasteiger partial charge in [0.25, 0.3) is 5.91 Å². The molecule has 0 spiro atoms. The highest BCUT2D eigenvalue weighted by molar-refractivity contribution is 5.94. The van der Waals surface area contributed by atoms with Crippen LogP contribution in [-0.2, 0) is 17.8 Å². The molecular weight excluding hydrogens is 370 g/mol. The molecule has 1 atom stereocenters. The average molecular weight is 395 g/mol. The van der Waals surface area contributed by atoms with Gasteiger partial charge < -0.3 is 14.5 Å². The molecule has 29 heavy (non-hydrogen) atoms. The van der Waals surface area contributed by atoms with Crippen LogP contribution in [0.3, 0.4) is 0 Å². The summed E-state index contributed by atoms with van der Waals surface area (Å²) in [7, 11) is 1.55. The Labute approximate surface area is 169 Å². The minimum absolute atomic E-state index is 0.0612. The molecule has 0 saturated carbocycles. The minimum atomic E-state index is -0.144. The van der Waals surface area contributed by atoms with Crippen molar-refractivity contribution in [1.82, 2.24) is 24.8 Å². The van der Waals surface area contributed by atoms with Gasteiger partial charge in [0.1, 0.15) is 0 Å². The summed E-state index contributed by atoms with van der Waals surface area (Å²) >= 11 is 0. The van der Waals surface area contributed by atoms with Crippen LogP contribution in [0.1, 0.15) is 59.7 Å². The van der Waals surface area contributed by atoms with E-state index in [1.807, 2.05) is 11.1 Å². The number of rotatable bonds is 3. The molecule has 8 nitrogen and oxygen atoms in total. The number of methoxy groups -OCH3 is 1. The molecule has 0 bridgehead atoms. The van der Waals surface area contributed by atoms with E-state index in [-0.39, 0.29) is 17.9 Å². The van der Waals surface area contributed by atoms with E-state index in [2.05, 4.69) is 9.97 Å². The van der Waals surface area contributed by atoms with Crippen molar-refractivity contribution in [1.29, 1.82) is 0 Å². The first-order valence-electron chi connectivity index (χ1n) is 9.98. The van der Waals surface area contributed by atoms with Crippen molar-refractivity contribution in [3.8, 4) is 5.88 Å². The van der Waals surface area contributed by atoms with Crippen molar-refractivity contribution < 1.29 is 14.3 Å². The minimum Gasteiger partial charge on any atom is -0.481 e. The number of hydrogen-bond acceptors (Lipinski definition) is 6. The molecule has 4 rings (SSSR count). The normalized spacial score (nSPS) is 18.9. The first-order valence-corrected chi connectivity index (χ1v) is 9.98. The molecular formula is C21H25N5O3. The maximum atomic E-state index is 13.1. The van der Waals surface area contributed by atoms with Gasteiger partial charge in [0.15, 0.2) is 5.82 Å². The van der Waals surface area contributed by atoms with Gasteiger partial charge >= 0.3 is 0 Å². The van der Waals surface area contributed by atoms with Crippen molar-refractivity contribution in [2.75, 3.05) is 20.2 Å². The second-order valence-corrected chi connectivity index (χ2v) is 7.49. The molecule has 0 unspecified atom stereocenters. The lowest BCUT2D eigenvalue weighted by molar-refractivity contribution is -0.129. The summed E-state index contributed by atoms with van der Waals surface area (Å²) < 4.78 is 5.08. The first-order chi connectivity index (χ1) is 14.1. The second kappa shape index (κ2) is 8.14. The summed E-state index contributed by atoms with van der Waals surface area (Å²) in [4.78, 5) is 42.0. The van der Waals surface area contributed by atoms with Crippen LogP contribution in [0.15, 0.2) is 24.5 Å². The molecule has 152 valence electrons. The van der Waals surface area contributed by atoms with Gasteiger partial charge in [-0.1, -0.05) is 0 Å². The van der Waals surface area contributed by atoms with E-state index in [0.29, 0.717) is 43.3 Å². The number of aromatic nitrogens is 3. The number of pyridine rings is 1. The van der Waals surface area contributed by atoms with E-state index < -0.39 is 0 Å². The Morgan fingerprint density at radius 1 is 1.14 bits per heavy atom. The summed E-state index contributed by atoms with van der Waals surface area (Å²) in [6.45, 7) is 3.48. The van der Waals surface area contributed by atoms with Gasteiger partial charge in [-0.05, 0) is 25.3 Å². The molecule has 1 saturated heterocycles. The Kier molecular flexibility index (Phi) is 5.42. The van der Waals surface area contributed by atoms with Crippen molar-refractivity contribution >= 4 is 11.8 Å². The lowest BCUT2D eigenvalue weighted by Crippen LogP contribution is -2.40. The smallest absolute Gasteiger partial charge is 0.256 e. The van der Waals surface area contributed by atoms with Crippen molar-refractivity contribution in [2.45, 2.75) is 45.2 Å². The Hall–Kier alpha value is -3.03. The number of hydrogen-bond donors (Lipinski definition) is 0. The second-order valence-electron chi connectivity index (χ2n) is 7.49. The van der Waals surface area contributed by atoms with Crippen LogP contribution in [0.4, 0.5) is 0 Å². The molecule has 0 aliphatic carbocycles. The number of carbonyl (C=O) groups is 2. The molecule has 8 heteroatoms. The number of amides is 2. The SMILES string of the molecule is COc1ccc(C(=O)N2CCCC[C@H]2c2ncc3c(n2)CCN(C(C)=O)C3)cn1. The van der Waals surface area contributed by atoms with E-state index >= 15 is 0 Å². The van der Waals surface area contributed by atoms with E-state index in [4.69, 9.17) is 9.72 Å². The number of ether oxygens (including phenoxy) is 1. The number of nitrogens with zero attached hydrogens (tertiary/aromatic N) is 5. The predicted octanol–water partition coefficient (Wildman–Crippen LogP) is 2.15. The maximum absolute atomic E-state index is 13.1. The lowest BCUT2D eigenvalue weighted by Gasteiger charge is -2.35. The van der Waals surface area contributed by atoms with Crippen LogP contribution in [0.25, 0.3) is 0 Å². The van der Waals surface area contributed by atoms with Crippen LogP contribution in [0, 0.1) is 0 Å². The van der Waals surface area contributed by atoms with Gasteiger partial charge in [-0.2, -0.15) is 0 Å². The number of piperidine rings is 1. The Bertz CT molecular complexity index is 915. The zero-order valence-corrected chi connectivity index (χ0v) is 16.8. The van der Waals surface area contributed by atoms with Gasteiger partial charge in [0.05, 0.1) is 24.4 Å². The lowest BCUT2D eigenvalue weighted by atomic mass is 9.99. The Morgan fingerprint density at radius 3 is 2.72 bits per heavy atom. The molecule has 2 aromatic rings. The summed E-state index contributed by atoms with van der Waals surface area (Å²) in [5, 5.41) is 0. The van der Waals surface area contributed by atoms with Crippen LogP contribution >= 0.6 is 0 Å². The van der Waals surface area contributed by atoms with Crippen molar-refractivity contribution in [3.05, 3.63) is 47.2 Å². The highest BCUT2D eigenvalue weighted by Crippen LogP contribution is 2.31. The predicted molar refractivity (Wildman–Crippen MR) is 105 cm³/mol.